The standard InChI is InChI=1S/C27H22N2O3S/c1-15-7-5-10-19(16(15)2)29-26(31)21-22(27(29)32)24(25(30)20-11-6-14-33-20)28-13-12-17-8-3-4-9-18(17)23(21)28/h3-14,21-24H,1-2H3/t21-,22+,23+,24-/m0/s1. The highest BCUT2D eigenvalue weighted by atomic mass is 32.1. The van der Waals surface area contributed by atoms with Crippen molar-refractivity contribution in [1.29, 1.82) is 0 Å². The summed E-state index contributed by atoms with van der Waals surface area (Å²) < 4.78 is 0. The second-order valence-electron chi connectivity index (χ2n) is 8.91. The van der Waals surface area contributed by atoms with Crippen LogP contribution in [0.3, 0.4) is 0 Å². The Bertz CT molecular complexity index is 1340. The first-order valence-corrected chi connectivity index (χ1v) is 11.9. The molecule has 5 nitrogen and oxygen atoms in total. The predicted molar refractivity (Wildman–Crippen MR) is 128 cm³/mol. The number of hydrogen-bond donors (Lipinski definition) is 0. The van der Waals surface area contributed by atoms with Crippen molar-refractivity contribution in [2.24, 2.45) is 11.8 Å². The van der Waals surface area contributed by atoms with Gasteiger partial charge in [0.2, 0.25) is 11.8 Å². The molecule has 0 spiro atoms. The molecule has 6 rings (SSSR count). The van der Waals surface area contributed by atoms with Crippen LogP contribution in [0.1, 0.15) is 38.0 Å². The van der Waals surface area contributed by atoms with Gasteiger partial charge < -0.3 is 4.90 Å². The van der Waals surface area contributed by atoms with Crippen molar-refractivity contribution in [3.05, 3.63) is 93.3 Å². The monoisotopic (exact) mass is 454 g/mol. The third-order valence-electron chi connectivity index (χ3n) is 7.31. The molecule has 4 heterocycles. The van der Waals surface area contributed by atoms with Gasteiger partial charge in [-0.2, -0.15) is 0 Å². The number of carbonyl (C=O) groups is 3. The predicted octanol–water partition coefficient (Wildman–Crippen LogP) is 4.76. The van der Waals surface area contributed by atoms with Gasteiger partial charge in [0.25, 0.3) is 0 Å². The van der Waals surface area contributed by atoms with E-state index in [1.54, 1.807) is 6.07 Å². The normalized spacial score (nSPS) is 25.3. The second-order valence-corrected chi connectivity index (χ2v) is 9.85. The molecule has 3 aliphatic rings. The molecule has 0 radical (unpaired) electrons. The van der Waals surface area contributed by atoms with E-state index in [1.807, 2.05) is 84.9 Å². The summed E-state index contributed by atoms with van der Waals surface area (Å²) in [5.41, 5.74) is 4.55. The second kappa shape index (κ2) is 7.25. The van der Waals surface area contributed by atoms with E-state index < -0.39 is 17.9 Å². The van der Waals surface area contributed by atoms with Crippen molar-refractivity contribution in [3.63, 3.8) is 0 Å². The van der Waals surface area contributed by atoms with Gasteiger partial charge in [0, 0.05) is 6.20 Å². The summed E-state index contributed by atoms with van der Waals surface area (Å²) in [4.78, 5) is 45.4. The highest BCUT2D eigenvalue weighted by molar-refractivity contribution is 7.12. The van der Waals surface area contributed by atoms with E-state index >= 15 is 0 Å². The number of ketones is 1. The highest BCUT2D eigenvalue weighted by Crippen LogP contribution is 2.54. The largest absolute Gasteiger partial charge is 0.358 e. The first-order chi connectivity index (χ1) is 16.0. The van der Waals surface area contributed by atoms with E-state index in [0.29, 0.717) is 10.6 Å². The molecule has 0 N–H and O–H groups in total. The summed E-state index contributed by atoms with van der Waals surface area (Å²) in [6.07, 6.45) is 3.86. The minimum Gasteiger partial charge on any atom is -0.358 e. The molecule has 0 saturated carbocycles. The van der Waals surface area contributed by atoms with Gasteiger partial charge in [-0.15, -0.1) is 11.3 Å². The van der Waals surface area contributed by atoms with Gasteiger partial charge in [-0.05, 0) is 59.7 Å². The van der Waals surface area contributed by atoms with Crippen molar-refractivity contribution >= 4 is 40.7 Å². The van der Waals surface area contributed by atoms with Crippen LogP contribution in [0.4, 0.5) is 5.69 Å². The molecule has 33 heavy (non-hydrogen) atoms. The first kappa shape index (κ1) is 20.1. The van der Waals surface area contributed by atoms with Crippen molar-refractivity contribution in [1.82, 2.24) is 4.90 Å². The molecule has 0 unspecified atom stereocenters. The Labute approximate surface area is 195 Å². The number of amides is 2. The van der Waals surface area contributed by atoms with Crippen LogP contribution in [-0.2, 0) is 9.59 Å². The summed E-state index contributed by atoms with van der Waals surface area (Å²) in [6.45, 7) is 3.90. The van der Waals surface area contributed by atoms with E-state index in [2.05, 4.69) is 0 Å². The number of anilines is 1. The number of fused-ring (bicyclic) bond motifs is 5. The van der Waals surface area contributed by atoms with Gasteiger partial charge in [-0.1, -0.05) is 42.5 Å². The number of imide groups is 1. The minimum absolute atomic E-state index is 0.101. The van der Waals surface area contributed by atoms with Gasteiger partial charge >= 0.3 is 0 Å². The molecule has 2 amide bonds. The molecule has 2 saturated heterocycles. The lowest BCUT2D eigenvalue weighted by molar-refractivity contribution is -0.123. The van der Waals surface area contributed by atoms with Crippen LogP contribution >= 0.6 is 11.3 Å². The van der Waals surface area contributed by atoms with Crippen LogP contribution in [0.2, 0.25) is 0 Å². The summed E-state index contributed by atoms with van der Waals surface area (Å²) in [5.74, 6) is -1.95. The van der Waals surface area contributed by atoms with E-state index in [0.717, 1.165) is 22.3 Å². The van der Waals surface area contributed by atoms with E-state index in [9.17, 15) is 14.4 Å². The molecular formula is C27H22N2O3S. The zero-order valence-electron chi connectivity index (χ0n) is 18.3. The summed E-state index contributed by atoms with van der Waals surface area (Å²) in [7, 11) is 0. The van der Waals surface area contributed by atoms with Gasteiger partial charge in [-0.25, -0.2) is 4.90 Å². The van der Waals surface area contributed by atoms with Crippen molar-refractivity contribution < 1.29 is 14.4 Å². The first-order valence-electron chi connectivity index (χ1n) is 11.1. The lowest BCUT2D eigenvalue weighted by atomic mass is 9.84. The highest BCUT2D eigenvalue weighted by Gasteiger charge is 2.64. The number of thiophene rings is 1. The maximum atomic E-state index is 13.9. The molecule has 3 aromatic rings. The van der Waals surface area contributed by atoms with Crippen molar-refractivity contribution in [3.8, 4) is 0 Å². The summed E-state index contributed by atoms with van der Waals surface area (Å²) in [6, 6.07) is 16.2. The lowest BCUT2D eigenvalue weighted by Gasteiger charge is -2.35. The van der Waals surface area contributed by atoms with E-state index in [-0.39, 0.29) is 23.6 Å². The van der Waals surface area contributed by atoms with Gasteiger partial charge in [0.05, 0.1) is 28.4 Å². The lowest BCUT2D eigenvalue weighted by Crippen LogP contribution is -2.44. The molecule has 0 bridgehead atoms. The van der Waals surface area contributed by atoms with Crippen LogP contribution in [0, 0.1) is 25.7 Å². The topological polar surface area (TPSA) is 57.7 Å². The average Bonchev–Trinajstić information content (AvgIpc) is 3.52. The van der Waals surface area contributed by atoms with Crippen LogP contribution < -0.4 is 4.90 Å². The minimum atomic E-state index is -0.729. The Kier molecular flexibility index (Phi) is 4.42. The quantitative estimate of drug-likeness (QED) is 0.423. The number of Topliss-reactive ketones (excluding diaryl/α,β-unsaturated/α-hetero) is 1. The van der Waals surface area contributed by atoms with E-state index in [1.165, 1.54) is 16.2 Å². The molecule has 3 aliphatic heterocycles. The zero-order valence-corrected chi connectivity index (χ0v) is 19.1. The number of benzene rings is 2. The zero-order chi connectivity index (χ0) is 22.9. The molecule has 2 fully saturated rings. The molecule has 164 valence electrons. The molecule has 0 aliphatic carbocycles. The molecular weight excluding hydrogens is 432 g/mol. The Morgan fingerprint density at radius 1 is 0.909 bits per heavy atom. The van der Waals surface area contributed by atoms with Crippen molar-refractivity contribution in [2.75, 3.05) is 4.90 Å². The SMILES string of the molecule is Cc1cccc(N2C(=O)[C@@H]3[C@H](C2=O)[C@H]2c4ccccc4C=CN2[C@@H]3C(=O)c2cccs2)c1C. The van der Waals surface area contributed by atoms with Crippen LogP contribution in [0.25, 0.3) is 6.08 Å². The smallest absolute Gasteiger partial charge is 0.240 e. The summed E-state index contributed by atoms with van der Waals surface area (Å²) >= 11 is 1.37. The number of rotatable bonds is 3. The number of nitrogens with zero attached hydrogens (tertiary/aromatic N) is 2. The van der Waals surface area contributed by atoms with E-state index in [4.69, 9.17) is 0 Å². The fourth-order valence-electron chi connectivity index (χ4n) is 5.64. The third kappa shape index (κ3) is 2.74. The van der Waals surface area contributed by atoms with Gasteiger partial charge in [0.15, 0.2) is 5.78 Å². The maximum absolute atomic E-state index is 13.9. The Hall–Kier alpha value is -3.51. The van der Waals surface area contributed by atoms with Crippen LogP contribution in [0.5, 0.6) is 0 Å². The van der Waals surface area contributed by atoms with Crippen LogP contribution in [0.15, 0.2) is 66.2 Å². The third-order valence-corrected chi connectivity index (χ3v) is 8.20. The van der Waals surface area contributed by atoms with Gasteiger partial charge in [-0.3, -0.25) is 14.4 Å². The Balaban J connectivity index is 1.52. The molecule has 6 heteroatoms. The number of hydrogen-bond acceptors (Lipinski definition) is 5. The maximum Gasteiger partial charge on any atom is 0.240 e. The van der Waals surface area contributed by atoms with Gasteiger partial charge in [0.1, 0.15) is 6.04 Å². The number of aryl methyl sites for hydroxylation is 1. The fourth-order valence-corrected chi connectivity index (χ4v) is 6.33. The average molecular weight is 455 g/mol. The summed E-state index contributed by atoms with van der Waals surface area (Å²) in [5, 5.41) is 1.86. The molecule has 4 atom stereocenters. The molecule has 1 aromatic heterocycles. The fraction of sp³-hybridized carbons (Fsp3) is 0.222. The Morgan fingerprint density at radius 3 is 2.48 bits per heavy atom. The van der Waals surface area contributed by atoms with Crippen LogP contribution in [-0.4, -0.2) is 28.5 Å². The Morgan fingerprint density at radius 2 is 1.70 bits per heavy atom. The molecule has 2 aromatic carbocycles. The van der Waals surface area contributed by atoms with Crippen molar-refractivity contribution in [2.45, 2.75) is 25.9 Å². The number of carbonyl (C=O) groups excluding carboxylic acids is 3.